The van der Waals surface area contributed by atoms with Crippen molar-refractivity contribution in [2.45, 2.75) is 12.5 Å². The van der Waals surface area contributed by atoms with E-state index in [1.165, 1.54) is 7.11 Å². The van der Waals surface area contributed by atoms with E-state index in [1.54, 1.807) is 49.5 Å². The molecule has 1 N–H and O–H groups in total. The zero-order valence-corrected chi connectivity index (χ0v) is 15.5. The number of rotatable bonds is 6. The van der Waals surface area contributed by atoms with Gasteiger partial charge in [0.2, 0.25) is 5.91 Å². The molecule has 1 aliphatic rings. The number of hydrogen-bond donors (Lipinski definition) is 1. The second kappa shape index (κ2) is 7.99. The summed E-state index contributed by atoms with van der Waals surface area (Å²) in [6.07, 6.45) is 0.246. The molecule has 7 heteroatoms. The fourth-order valence-corrected chi connectivity index (χ4v) is 3.07. The van der Waals surface area contributed by atoms with Gasteiger partial charge in [0.15, 0.2) is 0 Å². The first-order valence-corrected chi connectivity index (χ1v) is 8.53. The smallest absolute Gasteiger partial charge is 0.255 e. The molecule has 2 aromatic carbocycles. The van der Waals surface area contributed by atoms with Gasteiger partial charge in [-0.05, 0) is 36.4 Å². The lowest BCUT2D eigenvalue weighted by Crippen LogP contribution is -2.37. The Morgan fingerprint density at radius 2 is 1.67 bits per heavy atom. The Hall–Kier alpha value is -3.22. The van der Waals surface area contributed by atoms with Gasteiger partial charge >= 0.3 is 0 Å². The Balaban J connectivity index is 1.69. The number of hydrogen-bond acceptors (Lipinski definition) is 5. The van der Waals surface area contributed by atoms with Crippen LogP contribution in [0.2, 0.25) is 0 Å². The molecule has 1 heterocycles. The highest BCUT2D eigenvalue weighted by Crippen LogP contribution is 2.26. The Labute approximate surface area is 157 Å². The number of methoxy groups -OCH3 is 3. The van der Waals surface area contributed by atoms with Crippen LogP contribution in [0.5, 0.6) is 17.2 Å². The van der Waals surface area contributed by atoms with E-state index >= 15 is 0 Å². The average molecular weight is 370 g/mol. The molecule has 1 aliphatic heterocycles. The number of ether oxygens (including phenoxy) is 3. The normalized spacial score (nSPS) is 16.2. The number of carbonyl (C=O) groups excluding carboxylic acids is 2. The van der Waals surface area contributed by atoms with Gasteiger partial charge in [-0.15, -0.1) is 0 Å². The topological polar surface area (TPSA) is 77.1 Å². The molecular weight excluding hydrogens is 348 g/mol. The van der Waals surface area contributed by atoms with Crippen molar-refractivity contribution >= 4 is 17.5 Å². The molecule has 0 saturated carbocycles. The third kappa shape index (κ3) is 3.97. The van der Waals surface area contributed by atoms with Crippen molar-refractivity contribution in [1.29, 1.82) is 0 Å². The van der Waals surface area contributed by atoms with Crippen LogP contribution >= 0.6 is 0 Å². The minimum atomic E-state index is -0.288. The van der Waals surface area contributed by atoms with E-state index in [-0.39, 0.29) is 24.3 Å². The zero-order valence-electron chi connectivity index (χ0n) is 15.5. The Morgan fingerprint density at radius 1 is 1.00 bits per heavy atom. The molecule has 0 radical (unpaired) electrons. The summed E-state index contributed by atoms with van der Waals surface area (Å²) in [6.45, 7) is 0.412. The predicted molar refractivity (Wildman–Crippen MR) is 101 cm³/mol. The van der Waals surface area contributed by atoms with Crippen molar-refractivity contribution in [3.8, 4) is 17.2 Å². The molecule has 1 atom stereocenters. The third-order valence-electron chi connectivity index (χ3n) is 4.50. The van der Waals surface area contributed by atoms with Crippen molar-refractivity contribution in [1.82, 2.24) is 5.32 Å². The Kier molecular flexibility index (Phi) is 5.49. The summed E-state index contributed by atoms with van der Waals surface area (Å²) in [7, 11) is 4.64. The van der Waals surface area contributed by atoms with Gasteiger partial charge < -0.3 is 24.4 Å². The average Bonchev–Trinajstić information content (AvgIpc) is 3.07. The molecular formula is C20H22N2O5. The second-order valence-electron chi connectivity index (χ2n) is 6.14. The maximum Gasteiger partial charge on any atom is 0.255 e. The van der Waals surface area contributed by atoms with Gasteiger partial charge in [0.25, 0.3) is 5.91 Å². The van der Waals surface area contributed by atoms with E-state index < -0.39 is 0 Å². The molecule has 1 saturated heterocycles. The van der Waals surface area contributed by atoms with Gasteiger partial charge in [0.05, 0.1) is 32.9 Å². The van der Waals surface area contributed by atoms with E-state index in [4.69, 9.17) is 14.2 Å². The second-order valence-corrected chi connectivity index (χ2v) is 6.14. The summed E-state index contributed by atoms with van der Waals surface area (Å²) in [5, 5.41) is 2.91. The third-order valence-corrected chi connectivity index (χ3v) is 4.50. The molecule has 27 heavy (non-hydrogen) atoms. The molecule has 1 fully saturated rings. The molecule has 0 spiro atoms. The van der Waals surface area contributed by atoms with Crippen molar-refractivity contribution < 1.29 is 23.8 Å². The molecule has 2 amide bonds. The van der Waals surface area contributed by atoms with Gasteiger partial charge in [-0.25, -0.2) is 0 Å². The highest BCUT2D eigenvalue weighted by Gasteiger charge is 2.32. The van der Waals surface area contributed by atoms with E-state index in [1.807, 2.05) is 12.1 Å². The number of nitrogens with zero attached hydrogens (tertiary/aromatic N) is 1. The summed E-state index contributed by atoms with van der Waals surface area (Å²) >= 11 is 0. The van der Waals surface area contributed by atoms with Gasteiger partial charge in [0, 0.05) is 24.7 Å². The quantitative estimate of drug-likeness (QED) is 0.844. The molecule has 2 aromatic rings. The Morgan fingerprint density at radius 3 is 2.30 bits per heavy atom. The largest absolute Gasteiger partial charge is 0.497 e. The molecule has 0 aliphatic carbocycles. The first-order valence-electron chi connectivity index (χ1n) is 8.53. The first kappa shape index (κ1) is 18.6. The van der Waals surface area contributed by atoms with Crippen LogP contribution in [0.1, 0.15) is 16.8 Å². The summed E-state index contributed by atoms with van der Waals surface area (Å²) in [4.78, 5) is 26.7. The Bertz CT molecular complexity index is 835. The van der Waals surface area contributed by atoms with Crippen LogP contribution in [0, 0.1) is 0 Å². The van der Waals surface area contributed by atoms with Gasteiger partial charge in [0.1, 0.15) is 17.2 Å². The fraction of sp³-hybridized carbons (Fsp3) is 0.300. The van der Waals surface area contributed by atoms with Crippen LogP contribution in [0.3, 0.4) is 0 Å². The number of nitrogens with one attached hydrogen (secondary N) is 1. The maximum absolute atomic E-state index is 12.6. The maximum atomic E-state index is 12.6. The van der Waals surface area contributed by atoms with E-state index in [9.17, 15) is 9.59 Å². The monoisotopic (exact) mass is 370 g/mol. The SMILES string of the molecule is COc1ccc(N2C[C@H](NC(=O)c3ccc(OC)cc3OC)CC2=O)cc1. The van der Waals surface area contributed by atoms with E-state index in [0.29, 0.717) is 23.6 Å². The number of amides is 2. The first-order chi connectivity index (χ1) is 13.0. The summed E-state index contributed by atoms with van der Waals surface area (Å²) in [6, 6.07) is 12.0. The minimum Gasteiger partial charge on any atom is -0.497 e. The molecule has 142 valence electrons. The predicted octanol–water partition coefficient (Wildman–Crippen LogP) is 2.25. The van der Waals surface area contributed by atoms with Crippen LogP contribution in [0.15, 0.2) is 42.5 Å². The summed E-state index contributed by atoms with van der Waals surface area (Å²) in [5.74, 6) is 1.42. The van der Waals surface area contributed by atoms with Gasteiger partial charge in [-0.1, -0.05) is 0 Å². The standard InChI is InChI=1S/C20H22N2O5/c1-25-15-6-4-14(5-7-15)22-12-13(10-19(22)23)21-20(24)17-9-8-16(26-2)11-18(17)27-3/h4-9,11,13H,10,12H2,1-3H3,(H,21,24)/t13-/m1/s1. The van der Waals surface area contributed by atoms with Crippen LogP contribution in [0.4, 0.5) is 5.69 Å². The summed E-state index contributed by atoms with van der Waals surface area (Å²) in [5.41, 5.74) is 1.17. The van der Waals surface area contributed by atoms with Gasteiger partial charge in [-0.3, -0.25) is 9.59 Å². The zero-order chi connectivity index (χ0) is 19.4. The highest BCUT2D eigenvalue weighted by atomic mass is 16.5. The van der Waals surface area contributed by atoms with Crippen molar-refractivity contribution in [2.75, 3.05) is 32.8 Å². The molecule has 0 bridgehead atoms. The number of benzene rings is 2. The minimum absolute atomic E-state index is 0.0350. The molecule has 0 unspecified atom stereocenters. The van der Waals surface area contributed by atoms with Crippen molar-refractivity contribution in [2.24, 2.45) is 0 Å². The van der Waals surface area contributed by atoms with Crippen molar-refractivity contribution in [3.05, 3.63) is 48.0 Å². The van der Waals surface area contributed by atoms with Crippen LogP contribution in [-0.2, 0) is 4.79 Å². The van der Waals surface area contributed by atoms with Crippen LogP contribution < -0.4 is 24.4 Å². The lowest BCUT2D eigenvalue weighted by molar-refractivity contribution is -0.117. The highest BCUT2D eigenvalue weighted by molar-refractivity contribution is 6.00. The fourth-order valence-electron chi connectivity index (χ4n) is 3.07. The summed E-state index contributed by atoms with van der Waals surface area (Å²) < 4.78 is 15.6. The number of carbonyl (C=O) groups is 2. The molecule has 7 nitrogen and oxygen atoms in total. The lowest BCUT2D eigenvalue weighted by Gasteiger charge is -2.18. The van der Waals surface area contributed by atoms with Gasteiger partial charge in [-0.2, -0.15) is 0 Å². The number of anilines is 1. The van der Waals surface area contributed by atoms with Crippen LogP contribution in [0.25, 0.3) is 0 Å². The van der Waals surface area contributed by atoms with E-state index in [0.717, 1.165) is 11.4 Å². The molecule has 0 aromatic heterocycles. The lowest BCUT2D eigenvalue weighted by atomic mass is 10.1. The van der Waals surface area contributed by atoms with Crippen LogP contribution in [-0.4, -0.2) is 45.7 Å². The van der Waals surface area contributed by atoms with E-state index in [2.05, 4.69) is 5.32 Å². The van der Waals surface area contributed by atoms with Crippen molar-refractivity contribution in [3.63, 3.8) is 0 Å². The molecule has 3 rings (SSSR count).